The molecule has 0 bridgehead atoms. The van der Waals surface area contributed by atoms with Crippen molar-refractivity contribution in [3.63, 3.8) is 0 Å². The first-order valence-corrected chi connectivity index (χ1v) is 10.7. The summed E-state index contributed by atoms with van der Waals surface area (Å²) in [5.41, 5.74) is 1.27. The van der Waals surface area contributed by atoms with E-state index in [1.165, 1.54) is 21.8 Å². The van der Waals surface area contributed by atoms with E-state index in [1.54, 1.807) is 48.7 Å². The summed E-state index contributed by atoms with van der Waals surface area (Å²) in [7, 11) is 0. The number of hydrogen-bond donors (Lipinski definition) is 0. The number of fused-ring (bicyclic) bond motifs is 2. The van der Waals surface area contributed by atoms with E-state index in [4.69, 9.17) is 16.3 Å². The van der Waals surface area contributed by atoms with Crippen molar-refractivity contribution in [1.82, 2.24) is 14.4 Å². The fourth-order valence-corrected chi connectivity index (χ4v) is 4.23. The first-order valence-electron chi connectivity index (χ1n) is 9.55. The number of ether oxygens (including phenoxy) is 1. The number of halogens is 1. The molecule has 0 fully saturated rings. The monoisotopic (exact) mass is 456 g/mol. The van der Waals surface area contributed by atoms with E-state index in [0.29, 0.717) is 21.4 Å². The molecule has 3 heterocycles. The Bertz CT molecular complexity index is 1560. The Labute approximate surface area is 191 Å². The summed E-state index contributed by atoms with van der Waals surface area (Å²) in [6, 6.07) is 21.7. The Balaban J connectivity index is 1.70. The number of allylic oxidation sites excluding steroid dienone is 1. The van der Waals surface area contributed by atoms with Gasteiger partial charge < -0.3 is 4.74 Å². The van der Waals surface area contributed by atoms with Crippen LogP contribution in [0, 0.1) is 11.3 Å². The number of nitriles is 1. The van der Waals surface area contributed by atoms with Crippen LogP contribution in [0.15, 0.2) is 77.7 Å². The van der Waals surface area contributed by atoms with E-state index < -0.39 is 0 Å². The summed E-state index contributed by atoms with van der Waals surface area (Å²) < 4.78 is 8.30. The molecule has 6 nitrogen and oxygen atoms in total. The van der Waals surface area contributed by atoms with E-state index in [1.807, 2.05) is 24.3 Å². The zero-order chi connectivity index (χ0) is 22.1. The van der Waals surface area contributed by atoms with Gasteiger partial charge in [0.05, 0.1) is 15.8 Å². The Morgan fingerprint density at radius 2 is 1.84 bits per heavy atom. The van der Waals surface area contributed by atoms with Crippen molar-refractivity contribution in [2.45, 2.75) is 0 Å². The van der Waals surface area contributed by atoms with Crippen LogP contribution in [-0.2, 0) is 0 Å². The standard InChI is InChI=1S/C24H13ClN4O2S/c25-16-8-10-17(11-9-16)31-22-18(24(30)29-12-4-3-7-21(29)28-22)13-15(14-26)23-27-19-5-1-2-6-20(19)32-23/h1-13H/b15-13+. The SMILES string of the molecule is N#C/C(=C\c1c(Oc2ccc(Cl)cc2)nc2ccccn2c1=O)c1nc2ccccc2s1. The molecule has 5 aromatic rings. The number of para-hydroxylation sites is 1. The minimum absolute atomic E-state index is 0.0948. The molecule has 0 N–H and O–H groups in total. The second-order valence-electron chi connectivity index (χ2n) is 6.78. The van der Waals surface area contributed by atoms with Crippen molar-refractivity contribution >= 4 is 50.5 Å². The third kappa shape index (κ3) is 3.73. The van der Waals surface area contributed by atoms with Gasteiger partial charge >= 0.3 is 0 Å². The fraction of sp³-hybridized carbons (Fsp3) is 0. The van der Waals surface area contributed by atoms with Crippen LogP contribution in [0.2, 0.25) is 5.02 Å². The molecule has 0 aliphatic carbocycles. The van der Waals surface area contributed by atoms with Crippen molar-refractivity contribution in [2.75, 3.05) is 0 Å². The molecular weight excluding hydrogens is 444 g/mol. The molecule has 0 saturated heterocycles. The molecule has 8 heteroatoms. The van der Waals surface area contributed by atoms with E-state index in [0.717, 1.165) is 10.2 Å². The highest BCUT2D eigenvalue weighted by Gasteiger charge is 2.16. The molecule has 0 aliphatic rings. The smallest absolute Gasteiger partial charge is 0.269 e. The maximum Gasteiger partial charge on any atom is 0.269 e. The largest absolute Gasteiger partial charge is 0.438 e. The van der Waals surface area contributed by atoms with E-state index in [2.05, 4.69) is 16.0 Å². The van der Waals surface area contributed by atoms with Gasteiger partial charge in [-0.15, -0.1) is 11.3 Å². The quantitative estimate of drug-likeness (QED) is 0.318. The Morgan fingerprint density at radius 1 is 1.06 bits per heavy atom. The molecule has 0 spiro atoms. The molecule has 3 aromatic heterocycles. The van der Waals surface area contributed by atoms with Crippen LogP contribution in [0.1, 0.15) is 10.6 Å². The van der Waals surface area contributed by atoms with Crippen molar-refractivity contribution in [2.24, 2.45) is 0 Å². The van der Waals surface area contributed by atoms with Crippen molar-refractivity contribution in [3.05, 3.63) is 98.9 Å². The van der Waals surface area contributed by atoms with Crippen LogP contribution in [0.4, 0.5) is 0 Å². The van der Waals surface area contributed by atoms with Crippen LogP contribution in [0.3, 0.4) is 0 Å². The molecule has 0 aliphatic heterocycles. The van der Waals surface area contributed by atoms with Gasteiger partial charge in [-0.25, -0.2) is 4.98 Å². The van der Waals surface area contributed by atoms with Gasteiger partial charge in [0.2, 0.25) is 5.88 Å². The van der Waals surface area contributed by atoms with Gasteiger partial charge in [0.15, 0.2) is 0 Å². The normalized spacial score (nSPS) is 11.6. The summed E-state index contributed by atoms with van der Waals surface area (Å²) in [5, 5.41) is 10.9. The predicted octanol–water partition coefficient (Wildman–Crippen LogP) is 5.81. The lowest BCUT2D eigenvalue weighted by molar-refractivity contribution is 0.461. The molecule has 0 amide bonds. The van der Waals surface area contributed by atoms with Gasteiger partial charge in [0, 0.05) is 11.2 Å². The lowest BCUT2D eigenvalue weighted by Gasteiger charge is -2.10. The van der Waals surface area contributed by atoms with Gasteiger partial charge in [-0.3, -0.25) is 9.20 Å². The molecule has 0 unspecified atom stereocenters. The predicted molar refractivity (Wildman–Crippen MR) is 126 cm³/mol. The van der Waals surface area contributed by atoms with Crippen molar-refractivity contribution < 1.29 is 4.74 Å². The van der Waals surface area contributed by atoms with E-state index in [9.17, 15) is 10.1 Å². The highest BCUT2D eigenvalue weighted by Crippen LogP contribution is 2.30. The number of benzene rings is 2. The van der Waals surface area contributed by atoms with Gasteiger partial charge in [0.25, 0.3) is 5.56 Å². The van der Waals surface area contributed by atoms with E-state index in [-0.39, 0.29) is 22.6 Å². The van der Waals surface area contributed by atoms with Crippen LogP contribution < -0.4 is 10.3 Å². The molecule has 0 atom stereocenters. The van der Waals surface area contributed by atoms with Crippen LogP contribution in [0.5, 0.6) is 11.6 Å². The molecule has 5 rings (SSSR count). The van der Waals surface area contributed by atoms with Crippen LogP contribution in [0.25, 0.3) is 27.5 Å². The molecule has 0 radical (unpaired) electrons. The molecule has 32 heavy (non-hydrogen) atoms. The van der Waals surface area contributed by atoms with Crippen LogP contribution >= 0.6 is 22.9 Å². The van der Waals surface area contributed by atoms with Gasteiger partial charge in [-0.05, 0) is 54.6 Å². The number of thiazole rings is 1. The molecule has 0 saturated carbocycles. The van der Waals surface area contributed by atoms with Gasteiger partial charge in [-0.2, -0.15) is 10.2 Å². The lowest BCUT2D eigenvalue weighted by Crippen LogP contribution is -2.18. The van der Waals surface area contributed by atoms with Crippen LogP contribution in [-0.4, -0.2) is 14.4 Å². The topological polar surface area (TPSA) is 80.3 Å². The third-order valence-electron chi connectivity index (χ3n) is 4.70. The average Bonchev–Trinajstić information content (AvgIpc) is 3.24. The second kappa shape index (κ2) is 8.27. The number of nitrogens with zero attached hydrogens (tertiary/aromatic N) is 4. The Morgan fingerprint density at radius 3 is 2.62 bits per heavy atom. The highest BCUT2D eigenvalue weighted by atomic mass is 35.5. The number of hydrogen-bond acceptors (Lipinski definition) is 6. The summed E-state index contributed by atoms with van der Waals surface area (Å²) in [5.74, 6) is 0.562. The van der Waals surface area contributed by atoms with Gasteiger partial charge in [0.1, 0.15) is 28.0 Å². The number of aromatic nitrogens is 3. The summed E-state index contributed by atoms with van der Waals surface area (Å²) in [6.45, 7) is 0. The zero-order valence-electron chi connectivity index (χ0n) is 16.4. The zero-order valence-corrected chi connectivity index (χ0v) is 18.0. The maximum absolute atomic E-state index is 13.3. The average molecular weight is 457 g/mol. The number of rotatable bonds is 4. The van der Waals surface area contributed by atoms with Crippen molar-refractivity contribution in [3.8, 4) is 17.7 Å². The Hall–Kier alpha value is -3.99. The fourth-order valence-electron chi connectivity index (χ4n) is 3.17. The summed E-state index contributed by atoms with van der Waals surface area (Å²) in [6.07, 6.45) is 3.11. The highest BCUT2D eigenvalue weighted by molar-refractivity contribution is 7.19. The van der Waals surface area contributed by atoms with Crippen molar-refractivity contribution in [1.29, 1.82) is 5.26 Å². The van der Waals surface area contributed by atoms with E-state index >= 15 is 0 Å². The first-order chi connectivity index (χ1) is 15.6. The minimum Gasteiger partial charge on any atom is -0.438 e. The summed E-state index contributed by atoms with van der Waals surface area (Å²) >= 11 is 7.35. The second-order valence-corrected chi connectivity index (χ2v) is 8.24. The van der Waals surface area contributed by atoms with Gasteiger partial charge in [-0.1, -0.05) is 29.8 Å². The molecular formula is C24H13ClN4O2S. The lowest BCUT2D eigenvalue weighted by atomic mass is 10.2. The molecule has 2 aromatic carbocycles. The maximum atomic E-state index is 13.3. The first kappa shape index (κ1) is 19.9. The third-order valence-corrected chi connectivity index (χ3v) is 6.02. The Kier molecular flexibility index (Phi) is 5.15. The minimum atomic E-state index is -0.353. The molecule has 154 valence electrons. The number of pyridine rings is 1. The summed E-state index contributed by atoms with van der Waals surface area (Å²) in [4.78, 5) is 22.4.